The Labute approximate surface area is 163 Å². The number of nitroso groups, excluding NO2 is 1. The van der Waals surface area contributed by atoms with Crippen molar-refractivity contribution in [2.24, 2.45) is 5.18 Å². The van der Waals surface area contributed by atoms with Gasteiger partial charge in [0.2, 0.25) is 5.95 Å². The van der Waals surface area contributed by atoms with Crippen LogP contribution in [0.3, 0.4) is 0 Å². The van der Waals surface area contributed by atoms with E-state index in [-0.39, 0.29) is 0 Å². The minimum atomic E-state index is 0.358. The molecule has 28 heavy (non-hydrogen) atoms. The van der Waals surface area contributed by atoms with Gasteiger partial charge in [-0.2, -0.15) is 0 Å². The molecule has 0 bridgehead atoms. The van der Waals surface area contributed by atoms with Crippen molar-refractivity contribution >= 4 is 17.3 Å². The zero-order valence-corrected chi connectivity index (χ0v) is 15.4. The summed E-state index contributed by atoms with van der Waals surface area (Å²) in [7, 11) is 0. The molecule has 0 saturated carbocycles. The van der Waals surface area contributed by atoms with Crippen LogP contribution in [0.5, 0.6) is 0 Å². The lowest BCUT2D eigenvalue weighted by Gasteiger charge is -2.26. The lowest BCUT2D eigenvalue weighted by Crippen LogP contribution is -2.35. The molecule has 1 N–H and O–H groups in total. The minimum absolute atomic E-state index is 0.358. The normalized spacial score (nSPS) is 14.6. The Hall–Kier alpha value is -3.16. The fourth-order valence-corrected chi connectivity index (χ4v) is 3.20. The second kappa shape index (κ2) is 8.69. The topological polar surface area (TPSA) is 79.7 Å². The Bertz CT molecular complexity index is 957. The maximum Gasteiger partial charge on any atom is 0.227 e. The molecule has 2 heterocycles. The molecule has 0 unspecified atom stereocenters. The Kier molecular flexibility index (Phi) is 5.65. The van der Waals surface area contributed by atoms with Gasteiger partial charge in [-0.1, -0.05) is 24.3 Å². The third kappa shape index (κ3) is 4.57. The predicted octanol–water partition coefficient (Wildman–Crippen LogP) is 4.12. The van der Waals surface area contributed by atoms with Crippen LogP contribution in [0, 0.1) is 4.91 Å². The van der Waals surface area contributed by atoms with Gasteiger partial charge in [0.25, 0.3) is 0 Å². The third-order valence-corrected chi connectivity index (χ3v) is 4.60. The molecule has 1 aliphatic rings. The van der Waals surface area contributed by atoms with Crippen LogP contribution in [0.1, 0.15) is 5.56 Å². The molecule has 3 aromatic rings. The van der Waals surface area contributed by atoms with Crippen LogP contribution in [-0.4, -0.2) is 41.2 Å². The Morgan fingerprint density at radius 3 is 2.79 bits per heavy atom. The first-order valence-corrected chi connectivity index (χ1v) is 9.23. The van der Waals surface area contributed by atoms with Gasteiger partial charge in [-0.05, 0) is 41.1 Å². The zero-order valence-electron chi connectivity index (χ0n) is 15.4. The number of hydrogen-bond donors (Lipinski definition) is 1. The second-order valence-corrected chi connectivity index (χ2v) is 6.62. The largest absolute Gasteiger partial charge is 0.379 e. The van der Waals surface area contributed by atoms with E-state index < -0.39 is 0 Å². The highest BCUT2D eigenvalue weighted by Crippen LogP contribution is 2.23. The molecule has 0 aliphatic carbocycles. The van der Waals surface area contributed by atoms with Crippen LogP contribution in [0.25, 0.3) is 11.3 Å². The van der Waals surface area contributed by atoms with Gasteiger partial charge in [-0.25, -0.2) is 9.97 Å². The van der Waals surface area contributed by atoms with Crippen molar-refractivity contribution < 1.29 is 4.74 Å². The van der Waals surface area contributed by atoms with Crippen LogP contribution >= 0.6 is 0 Å². The van der Waals surface area contributed by atoms with Crippen LogP contribution in [0.15, 0.2) is 66.0 Å². The Morgan fingerprint density at radius 2 is 1.93 bits per heavy atom. The highest BCUT2D eigenvalue weighted by atomic mass is 16.5. The summed E-state index contributed by atoms with van der Waals surface area (Å²) in [5.74, 6) is 0.471. The molecule has 0 radical (unpaired) electrons. The van der Waals surface area contributed by atoms with Crippen LogP contribution < -0.4 is 5.32 Å². The van der Waals surface area contributed by atoms with Gasteiger partial charge in [0.1, 0.15) is 5.69 Å². The molecule has 1 saturated heterocycles. The number of nitrogens with zero attached hydrogens (tertiary/aromatic N) is 4. The molecule has 1 aliphatic heterocycles. The third-order valence-electron chi connectivity index (χ3n) is 4.60. The first kappa shape index (κ1) is 18.2. The summed E-state index contributed by atoms with van der Waals surface area (Å²) < 4.78 is 5.42. The number of benzene rings is 2. The summed E-state index contributed by atoms with van der Waals surface area (Å²) in [6, 6.07) is 17.2. The summed E-state index contributed by atoms with van der Waals surface area (Å²) in [5, 5.41) is 6.08. The lowest BCUT2D eigenvalue weighted by molar-refractivity contribution is 0.0342. The number of rotatable bonds is 6. The van der Waals surface area contributed by atoms with E-state index in [9.17, 15) is 4.91 Å². The highest BCUT2D eigenvalue weighted by molar-refractivity contribution is 5.64. The number of nitrogens with one attached hydrogen (secondary N) is 1. The average molecular weight is 375 g/mol. The van der Waals surface area contributed by atoms with Gasteiger partial charge >= 0.3 is 0 Å². The summed E-state index contributed by atoms with van der Waals surface area (Å²) in [4.78, 5) is 22.0. The first-order chi connectivity index (χ1) is 13.8. The summed E-state index contributed by atoms with van der Waals surface area (Å²) in [6.45, 7) is 4.41. The lowest BCUT2D eigenvalue weighted by atomic mass is 10.1. The maximum absolute atomic E-state index is 10.7. The van der Waals surface area contributed by atoms with E-state index >= 15 is 0 Å². The van der Waals surface area contributed by atoms with Crippen molar-refractivity contribution in [1.82, 2.24) is 14.9 Å². The van der Waals surface area contributed by atoms with Crippen molar-refractivity contribution in [2.75, 3.05) is 31.6 Å². The summed E-state index contributed by atoms with van der Waals surface area (Å²) >= 11 is 0. The van der Waals surface area contributed by atoms with Crippen molar-refractivity contribution in [3.8, 4) is 11.3 Å². The molecule has 142 valence electrons. The number of anilines is 2. The molecular weight excluding hydrogens is 354 g/mol. The van der Waals surface area contributed by atoms with Gasteiger partial charge in [0.05, 0.1) is 18.9 Å². The van der Waals surface area contributed by atoms with Gasteiger partial charge in [0, 0.05) is 37.1 Å². The summed E-state index contributed by atoms with van der Waals surface area (Å²) in [5.41, 5.74) is 4.20. The maximum atomic E-state index is 10.7. The fourth-order valence-electron chi connectivity index (χ4n) is 3.20. The standard InChI is InChI=1S/C21H21N5O2/c27-25-19-6-2-5-18(14-19)23-21-22-8-7-20(24-21)17-4-1-3-16(13-17)15-26-9-11-28-12-10-26/h1-8,13-14H,9-12,15H2,(H,22,23,24). The number of aromatic nitrogens is 2. The molecule has 0 amide bonds. The van der Waals surface area contributed by atoms with Gasteiger partial charge < -0.3 is 10.1 Å². The number of ether oxygens (including phenoxy) is 1. The van der Waals surface area contributed by atoms with Crippen molar-refractivity contribution in [3.63, 3.8) is 0 Å². The molecule has 0 spiro atoms. The molecule has 1 fully saturated rings. The molecule has 0 atom stereocenters. The second-order valence-electron chi connectivity index (χ2n) is 6.62. The van der Waals surface area contributed by atoms with E-state index in [0.29, 0.717) is 11.6 Å². The predicted molar refractivity (Wildman–Crippen MR) is 109 cm³/mol. The SMILES string of the molecule is O=Nc1cccc(Nc2nccc(-c3cccc(CN4CCOCC4)c3)n2)c1. The smallest absolute Gasteiger partial charge is 0.227 e. The molecular formula is C21H21N5O2. The zero-order chi connectivity index (χ0) is 19.2. The van der Waals surface area contributed by atoms with Crippen molar-refractivity contribution in [1.29, 1.82) is 0 Å². The van der Waals surface area contributed by atoms with Gasteiger partial charge in [-0.15, -0.1) is 4.91 Å². The average Bonchev–Trinajstić information content (AvgIpc) is 2.75. The Balaban J connectivity index is 1.52. The van der Waals surface area contributed by atoms with E-state index in [1.165, 1.54) is 5.56 Å². The number of morpholine rings is 1. The van der Waals surface area contributed by atoms with Crippen LogP contribution in [-0.2, 0) is 11.3 Å². The summed E-state index contributed by atoms with van der Waals surface area (Å²) in [6.07, 6.45) is 1.72. The van der Waals surface area contributed by atoms with E-state index in [0.717, 1.165) is 49.8 Å². The van der Waals surface area contributed by atoms with Gasteiger partial charge in [0.15, 0.2) is 0 Å². The molecule has 1 aromatic heterocycles. The van der Waals surface area contributed by atoms with Crippen LogP contribution in [0.4, 0.5) is 17.3 Å². The monoisotopic (exact) mass is 375 g/mol. The molecule has 4 rings (SSSR count). The van der Waals surface area contributed by atoms with E-state index in [2.05, 4.69) is 43.6 Å². The highest BCUT2D eigenvalue weighted by Gasteiger charge is 2.11. The van der Waals surface area contributed by atoms with Crippen molar-refractivity contribution in [2.45, 2.75) is 6.54 Å². The molecule has 7 nitrogen and oxygen atoms in total. The Morgan fingerprint density at radius 1 is 1.07 bits per heavy atom. The minimum Gasteiger partial charge on any atom is -0.379 e. The quantitative estimate of drug-likeness (QED) is 0.653. The van der Waals surface area contributed by atoms with E-state index in [4.69, 9.17) is 4.74 Å². The number of hydrogen-bond acceptors (Lipinski definition) is 7. The molecule has 2 aromatic carbocycles. The van der Waals surface area contributed by atoms with Crippen molar-refractivity contribution in [3.05, 3.63) is 71.3 Å². The molecule has 7 heteroatoms. The van der Waals surface area contributed by atoms with Crippen LogP contribution in [0.2, 0.25) is 0 Å². The van der Waals surface area contributed by atoms with Gasteiger partial charge in [-0.3, -0.25) is 4.90 Å². The fraction of sp³-hybridized carbons (Fsp3) is 0.238. The van der Waals surface area contributed by atoms with E-state index in [1.807, 2.05) is 18.2 Å². The van der Waals surface area contributed by atoms with E-state index in [1.54, 1.807) is 24.4 Å². The first-order valence-electron chi connectivity index (χ1n) is 9.23.